The number of anilines is 1. The van der Waals surface area contributed by atoms with Crippen molar-refractivity contribution in [3.8, 4) is 0 Å². The van der Waals surface area contributed by atoms with Crippen molar-refractivity contribution in [1.29, 1.82) is 0 Å². The molecule has 0 spiro atoms. The average molecular weight is 344 g/mol. The molecule has 0 aliphatic carbocycles. The van der Waals surface area contributed by atoms with E-state index in [0.717, 1.165) is 11.3 Å². The quantitative estimate of drug-likeness (QED) is 0.926. The van der Waals surface area contributed by atoms with Crippen molar-refractivity contribution in [2.45, 2.75) is 19.4 Å². The Morgan fingerprint density at radius 3 is 2.67 bits per heavy atom. The van der Waals surface area contributed by atoms with Crippen molar-refractivity contribution in [3.63, 3.8) is 0 Å². The number of rotatable bonds is 4. The van der Waals surface area contributed by atoms with Crippen LogP contribution in [0.25, 0.3) is 5.70 Å². The summed E-state index contributed by atoms with van der Waals surface area (Å²) in [5.41, 5.74) is 2.46. The highest BCUT2D eigenvalue weighted by atomic mass is 35.5. The molecule has 3 rings (SSSR count). The summed E-state index contributed by atoms with van der Waals surface area (Å²) in [6.07, 6.45) is 5.46. The Morgan fingerprint density at radius 2 is 2.04 bits per heavy atom. The minimum absolute atomic E-state index is 0.0685. The topological polar surface area (TPSA) is 56.7 Å². The molecule has 2 heterocycles. The number of pyridine rings is 1. The third kappa shape index (κ3) is 3.13. The first-order valence-electron chi connectivity index (χ1n) is 7.71. The van der Waals surface area contributed by atoms with Crippen LogP contribution < -0.4 is 5.01 Å². The average Bonchev–Trinajstić information content (AvgIpc) is 2.62. The second kappa shape index (κ2) is 7.03. The minimum atomic E-state index is -0.281. The Bertz CT molecular complexity index is 747. The van der Waals surface area contributed by atoms with Gasteiger partial charge in [0.2, 0.25) is 5.91 Å². The molecule has 0 fully saturated rings. The Labute approximate surface area is 145 Å². The van der Waals surface area contributed by atoms with Crippen LogP contribution in [0.15, 0.2) is 54.9 Å². The van der Waals surface area contributed by atoms with Gasteiger partial charge in [0, 0.05) is 17.6 Å². The molecule has 6 heteroatoms. The molecule has 0 saturated carbocycles. The van der Waals surface area contributed by atoms with Gasteiger partial charge < -0.3 is 5.11 Å². The van der Waals surface area contributed by atoms with Crippen molar-refractivity contribution in [1.82, 2.24) is 9.99 Å². The number of amides is 1. The number of nitrogens with zero attached hydrogens (tertiary/aromatic N) is 3. The van der Waals surface area contributed by atoms with E-state index >= 15 is 0 Å². The van der Waals surface area contributed by atoms with E-state index in [9.17, 15) is 9.90 Å². The predicted octanol–water partition coefficient (Wildman–Crippen LogP) is 3.11. The van der Waals surface area contributed by atoms with Gasteiger partial charge in [0.05, 0.1) is 30.2 Å². The maximum Gasteiger partial charge on any atom is 0.249 e. The molecule has 24 heavy (non-hydrogen) atoms. The van der Waals surface area contributed by atoms with Crippen LogP contribution >= 0.6 is 11.6 Å². The van der Waals surface area contributed by atoms with Crippen LogP contribution in [0.2, 0.25) is 5.02 Å². The highest BCUT2D eigenvalue weighted by Crippen LogP contribution is 2.32. The van der Waals surface area contributed by atoms with Crippen LogP contribution in [0, 0.1) is 0 Å². The maximum absolute atomic E-state index is 12.6. The Balaban J connectivity index is 2.08. The van der Waals surface area contributed by atoms with Gasteiger partial charge in [-0.1, -0.05) is 23.7 Å². The molecule has 0 radical (unpaired) electrons. The van der Waals surface area contributed by atoms with Gasteiger partial charge >= 0.3 is 0 Å². The van der Waals surface area contributed by atoms with E-state index in [1.807, 2.05) is 48.3 Å². The number of aliphatic hydroxyl groups excluding tert-OH is 1. The molecule has 1 aliphatic heterocycles. The van der Waals surface area contributed by atoms with E-state index in [2.05, 4.69) is 4.98 Å². The van der Waals surface area contributed by atoms with Crippen molar-refractivity contribution in [3.05, 3.63) is 65.5 Å². The van der Waals surface area contributed by atoms with Crippen LogP contribution in [-0.4, -0.2) is 33.7 Å². The molecule has 0 saturated heterocycles. The first kappa shape index (κ1) is 16.5. The van der Waals surface area contributed by atoms with Crippen molar-refractivity contribution < 1.29 is 9.90 Å². The van der Waals surface area contributed by atoms with E-state index in [-0.39, 0.29) is 25.0 Å². The summed E-state index contributed by atoms with van der Waals surface area (Å²) >= 11 is 5.98. The molecule has 1 aromatic heterocycles. The van der Waals surface area contributed by atoms with Gasteiger partial charge in [0.25, 0.3) is 0 Å². The largest absolute Gasteiger partial charge is 0.394 e. The van der Waals surface area contributed by atoms with Crippen molar-refractivity contribution in [2.75, 3.05) is 11.6 Å². The summed E-state index contributed by atoms with van der Waals surface area (Å²) in [4.78, 5) is 16.7. The number of hydrazine groups is 1. The lowest BCUT2D eigenvalue weighted by Gasteiger charge is -2.43. The van der Waals surface area contributed by atoms with Gasteiger partial charge in [-0.05, 0) is 42.8 Å². The summed E-state index contributed by atoms with van der Waals surface area (Å²) in [6, 6.07) is 10.8. The number of halogens is 1. The zero-order chi connectivity index (χ0) is 17.1. The predicted molar refractivity (Wildman–Crippen MR) is 94.2 cm³/mol. The van der Waals surface area contributed by atoms with E-state index in [1.54, 1.807) is 23.5 Å². The second-order valence-electron chi connectivity index (χ2n) is 5.59. The molecule has 5 nitrogen and oxygen atoms in total. The molecule has 1 aliphatic rings. The summed E-state index contributed by atoms with van der Waals surface area (Å²) in [7, 11) is 0. The molecule has 1 N–H and O–H groups in total. The SMILES string of the molecule is C[C@H](CO)N1C(c2ccc(Cl)cc2)=CCC(=O)N1c1cccnc1. The van der Waals surface area contributed by atoms with Gasteiger partial charge in [-0.3, -0.25) is 14.8 Å². The fraction of sp³-hybridized carbons (Fsp3) is 0.222. The minimum Gasteiger partial charge on any atom is -0.394 e. The van der Waals surface area contributed by atoms with Gasteiger partial charge in [-0.15, -0.1) is 0 Å². The summed E-state index contributed by atoms with van der Waals surface area (Å²) in [5, 5.41) is 13.7. The standard InChI is InChI=1S/C18H18ClN3O2/c1-13(12-23)21-17(14-4-6-15(19)7-5-14)8-9-18(24)22(21)16-3-2-10-20-11-16/h2-8,10-11,13,23H,9,12H2,1H3/t13-/m1/s1. The molecule has 1 aromatic carbocycles. The maximum atomic E-state index is 12.6. The Morgan fingerprint density at radius 1 is 1.29 bits per heavy atom. The number of carbonyl (C=O) groups is 1. The van der Waals surface area contributed by atoms with Gasteiger partial charge in [-0.25, -0.2) is 5.01 Å². The van der Waals surface area contributed by atoms with E-state index in [1.165, 1.54) is 0 Å². The van der Waals surface area contributed by atoms with Crippen molar-refractivity contribution in [2.24, 2.45) is 0 Å². The molecule has 1 amide bonds. The molecule has 0 bridgehead atoms. The Kier molecular flexibility index (Phi) is 4.83. The monoisotopic (exact) mass is 343 g/mol. The third-order valence-corrected chi connectivity index (χ3v) is 4.13. The normalized spacial score (nSPS) is 16.1. The first-order valence-corrected chi connectivity index (χ1v) is 8.08. The zero-order valence-electron chi connectivity index (χ0n) is 13.3. The van der Waals surface area contributed by atoms with Crippen LogP contribution in [0.1, 0.15) is 18.9 Å². The third-order valence-electron chi connectivity index (χ3n) is 3.88. The number of benzene rings is 1. The van der Waals surface area contributed by atoms with Gasteiger partial charge in [-0.2, -0.15) is 0 Å². The zero-order valence-corrected chi connectivity index (χ0v) is 14.0. The summed E-state index contributed by atoms with van der Waals surface area (Å²) in [6.45, 7) is 1.78. The first-order chi connectivity index (χ1) is 11.6. The van der Waals surface area contributed by atoms with Crippen LogP contribution in [-0.2, 0) is 4.79 Å². The van der Waals surface area contributed by atoms with Crippen LogP contribution in [0.3, 0.4) is 0 Å². The van der Waals surface area contributed by atoms with E-state index in [0.29, 0.717) is 10.7 Å². The van der Waals surface area contributed by atoms with Crippen molar-refractivity contribution >= 4 is 28.9 Å². The number of aromatic nitrogens is 1. The molecule has 0 unspecified atom stereocenters. The van der Waals surface area contributed by atoms with Gasteiger partial charge in [0.1, 0.15) is 0 Å². The van der Waals surface area contributed by atoms with E-state index in [4.69, 9.17) is 11.6 Å². The van der Waals surface area contributed by atoms with Crippen LogP contribution in [0.4, 0.5) is 5.69 Å². The number of hydrogen-bond donors (Lipinski definition) is 1. The number of aliphatic hydroxyl groups is 1. The highest BCUT2D eigenvalue weighted by Gasteiger charge is 2.32. The molecular weight excluding hydrogens is 326 g/mol. The second-order valence-corrected chi connectivity index (χ2v) is 6.03. The number of hydrogen-bond acceptors (Lipinski definition) is 4. The lowest BCUT2D eigenvalue weighted by atomic mass is 10.1. The number of carbonyl (C=O) groups excluding carboxylic acids is 1. The molecule has 1 atom stereocenters. The van der Waals surface area contributed by atoms with E-state index < -0.39 is 0 Å². The lowest BCUT2D eigenvalue weighted by Crippen LogP contribution is -2.53. The molecule has 2 aromatic rings. The summed E-state index contributed by atoms with van der Waals surface area (Å²) < 4.78 is 0. The van der Waals surface area contributed by atoms with Gasteiger partial charge in [0.15, 0.2) is 0 Å². The fourth-order valence-corrected chi connectivity index (χ4v) is 2.85. The highest BCUT2D eigenvalue weighted by molar-refractivity contribution is 6.30. The molecular formula is C18H18ClN3O2. The molecule has 124 valence electrons. The fourth-order valence-electron chi connectivity index (χ4n) is 2.72. The Hall–Kier alpha value is -2.37. The lowest BCUT2D eigenvalue weighted by molar-refractivity contribution is -0.121. The van der Waals surface area contributed by atoms with Crippen LogP contribution in [0.5, 0.6) is 0 Å². The summed E-state index contributed by atoms with van der Waals surface area (Å²) in [5.74, 6) is -0.0685. The smallest absolute Gasteiger partial charge is 0.249 e.